The molecular formula is C42H42Cl2F6SiZr. The van der Waals surface area contributed by atoms with E-state index >= 15 is 0 Å². The Morgan fingerprint density at radius 1 is 0.500 bits per heavy atom. The number of hydrogen-bond acceptors (Lipinski definition) is 0. The summed E-state index contributed by atoms with van der Waals surface area (Å²) >= 11 is -0.826. The summed E-state index contributed by atoms with van der Waals surface area (Å²) in [6.45, 7) is 16.9. The maximum atomic E-state index is 13.3. The van der Waals surface area contributed by atoms with Gasteiger partial charge in [0.2, 0.25) is 0 Å². The molecule has 6 aromatic carbocycles. The molecule has 0 fully saturated rings. The van der Waals surface area contributed by atoms with Crippen LogP contribution in [0.2, 0.25) is 13.1 Å². The van der Waals surface area contributed by atoms with Crippen LogP contribution in [0, 0.1) is 0 Å². The molecule has 0 unspecified atom stereocenters. The van der Waals surface area contributed by atoms with Crippen molar-refractivity contribution in [1.29, 1.82) is 0 Å². The Bertz CT molecular complexity index is 1900. The van der Waals surface area contributed by atoms with Gasteiger partial charge in [0.25, 0.3) is 0 Å². The molecule has 0 saturated carbocycles. The molecule has 0 heterocycles. The van der Waals surface area contributed by atoms with Crippen molar-refractivity contribution in [3.63, 3.8) is 0 Å². The van der Waals surface area contributed by atoms with E-state index in [9.17, 15) is 26.3 Å². The zero-order valence-electron chi connectivity index (χ0n) is 30.4. The predicted molar refractivity (Wildman–Crippen MR) is 207 cm³/mol. The van der Waals surface area contributed by atoms with E-state index in [0.717, 1.165) is 54.3 Å². The van der Waals surface area contributed by atoms with Crippen LogP contribution in [0.5, 0.6) is 0 Å². The topological polar surface area (TPSA) is 0 Å². The van der Waals surface area contributed by atoms with E-state index in [1.165, 1.54) is 12.1 Å². The summed E-state index contributed by atoms with van der Waals surface area (Å²) in [5.74, 6) is 0. The Morgan fingerprint density at radius 3 is 1.08 bits per heavy atom. The Morgan fingerprint density at radius 2 is 0.788 bits per heavy atom. The van der Waals surface area contributed by atoms with Crippen molar-refractivity contribution in [1.82, 2.24) is 0 Å². The van der Waals surface area contributed by atoms with Crippen molar-refractivity contribution in [2.24, 2.45) is 0 Å². The molecule has 0 aliphatic carbocycles. The second kappa shape index (κ2) is 18.1. The molecule has 0 saturated heterocycles. The Balaban J connectivity index is 0.000000244. The molecule has 0 spiro atoms. The van der Waals surface area contributed by atoms with Gasteiger partial charge in [-0.1, -0.05) is 114 Å². The van der Waals surface area contributed by atoms with Gasteiger partial charge in [0.15, 0.2) is 0 Å². The van der Waals surface area contributed by atoms with Crippen LogP contribution in [0.4, 0.5) is 26.3 Å². The molecule has 10 heteroatoms. The van der Waals surface area contributed by atoms with Gasteiger partial charge in [0, 0.05) is 9.52 Å². The summed E-state index contributed by atoms with van der Waals surface area (Å²) in [6.07, 6.45) is -8.73. The van der Waals surface area contributed by atoms with Crippen molar-refractivity contribution in [2.75, 3.05) is 0 Å². The van der Waals surface area contributed by atoms with Crippen molar-refractivity contribution in [3.05, 3.63) is 131 Å². The average Bonchev–Trinajstić information content (AvgIpc) is 3.71. The SMILES string of the molecule is CC(C)(C)c1cc2c(-c3ccccc3C(F)(F)F)cccc2[cH-]1.CC(C)(C)c1cc2c(-c3ccccc3C(F)(F)F)cccc2[cH-]1.C[Si]C.[Cl][Zr+2][Cl]. The number of alkyl halides is 6. The number of rotatable bonds is 2. The van der Waals surface area contributed by atoms with Gasteiger partial charge in [-0.2, -0.15) is 38.5 Å². The normalized spacial score (nSPS) is 11.8. The van der Waals surface area contributed by atoms with Crippen LogP contribution in [0.3, 0.4) is 0 Å². The third kappa shape index (κ3) is 11.2. The summed E-state index contributed by atoms with van der Waals surface area (Å²) in [5.41, 5.74) is 2.72. The van der Waals surface area contributed by atoms with Gasteiger partial charge in [0.05, 0.1) is 11.1 Å². The van der Waals surface area contributed by atoms with Gasteiger partial charge in [-0.15, -0.1) is 69.1 Å². The zero-order chi connectivity index (χ0) is 39.1. The molecule has 0 aliphatic heterocycles. The summed E-state index contributed by atoms with van der Waals surface area (Å²) in [5, 5.41) is 3.69. The average molecular weight is 851 g/mol. The zero-order valence-corrected chi connectivity index (χ0v) is 35.4. The first-order valence-corrected chi connectivity index (χ1v) is 24.8. The second-order valence-corrected chi connectivity index (χ2v) is 19.0. The molecule has 0 nitrogen and oxygen atoms in total. The number of benzene rings is 4. The second-order valence-electron chi connectivity index (χ2n) is 14.3. The number of hydrogen-bond donors (Lipinski definition) is 0. The predicted octanol–water partition coefficient (Wildman–Crippen LogP) is 15.2. The van der Waals surface area contributed by atoms with Gasteiger partial charge in [-0.3, -0.25) is 0 Å². The van der Waals surface area contributed by atoms with E-state index in [-0.39, 0.29) is 22.0 Å². The minimum atomic E-state index is -4.36. The van der Waals surface area contributed by atoms with Crippen LogP contribution < -0.4 is 0 Å². The van der Waals surface area contributed by atoms with E-state index in [1.54, 1.807) is 36.4 Å². The van der Waals surface area contributed by atoms with E-state index in [0.29, 0.717) is 11.1 Å². The Labute approximate surface area is 324 Å². The van der Waals surface area contributed by atoms with Crippen molar-refractivity contribution in [2.45, 2.75) is 77.8 Å². The number of halogens is 8. The van der Waals surface area contributed by atoms with Crippen LogP contribution in [-0.4, -0.2) is 9.52 Å². The monoisotopic (exact) mass is 848 g/mol. The van der Waals surface area contributed by atoms with Crippen LogP contribution >= 0.6 is 17.0 Å². The molecule has 52 heavy (non-hydrogen) atoms. The molecule has 0 bridgehead atoms. The van der Waals surface area contributed by atoms with Crippen LogP contribution in [0.25, 0.3) is 43.8 Å². The van der Waals surface area contributed by atoms with Gasteiger partial charge in [-0.05, 0) is 34.1 Å². The molecule has 2 radical (unpaired) electrons. The molecule has 0 aromatic heterocycles. The molecule has 0 atom stereocenters. The summed E-state index contributed by atoms with van der Waals surface area (Å²) in [6, 6.07) is 30.7. The van der Waals surface area contributed by atoms with Crippen molar-refractivity contribution < 1.29 is 47.2 Å². The first kappa shape index (κ1) is 43.8. The van der Waals surface area contributed by atoms with E-state index < -0.39 is 44.3 Å². The third-order valence-electron chi connectivity index (χ3n) is 8.28. The molecule has 0 N–H and O–H groups in total. The minimum absolute atomic E-state index is 0.0418. The number of fused-ring (bicyclic) bond motifs is 2. The first-order valence-electron chi connectivity index (χ1n) is 16.5. The molecule has 6 aromatic rings. The Kier molecular flexibility index (Phi) is 15.3. The van der Waals surface area contributed by atoms with E-state index in [1.807, 2.05) is 36.4 Å². The van der Waals surface area contributed by atoms with Crippen LogP contribution in [-0.2, 0) is 44.0 Å². The van der Waals surface area contributed by atoms with Gasteiger partial charge < -0.3 is 0 Å². The summed E-state index contributed by atoms with van der Waals surface area (Å²) in [7, 11) is 11.0. The van der Waals surface area contributed by atoms with Crippen LogP contribution in [0.15, 0.2) is 109 Å². The van der Waals surface area contributed by atoms with Crippen molar-refractivity contribution >= 4 is 48.1 Å². The summed E-state index contributed by atoms with van der Waals surface area (Å²) < 4.78 is 80.0. The Hall–Kier alpha value is -2.64. The standard InChI is InChI=1S/2C20H18F3.C2H6Si.2ClH.Zr/c2*1-19(2,3)14-11-13-7-6-9-15(17(13)12-14)16-8-4-5-10-18(16)20(21,22)23;1-3-2;;;/h2*4-12H,1-3H3;1-2H3;2*1H;/q2*-1;;;;+4/p-2. The first-order chi connectivity index (χ1) is 24.2. The fraction of sp³-hybridized carbons (Fsp3) is 0.286. The fourth-order valence-corrected chi connectivity index (χ4v) is 5.74. The molecule has 6 rings (SSSR count). The molecular weight excluding hydrogens is 809 g/mol. The van der Waals surface area contributed by atoms with Crippen LogP contribution in [0.1, 0.15) is 63.8 Å². The quantitative estimate of drug-likeness (QED) is 0.0925. The summed E-state index contributed by atoms with van der Waals surface area (Å²) in [4.78, 5) is 0. The van der Waals surface area contributed by atoms with E-state index in [2.05, 4.69) is 66.8 Å². The molecule has 0 aliphatic rings. The third-order valence-corrected chi connectivity index (χ3v) is 8.28. The fourth-order valence-electron chi connectivity index (χ4n) is 5.74. The van der Waals surface area contributed by atoms with Crippen molar-refractivity contribution in [3.8, 4) is 22.3 Å². The molecule has 274 valence electrons. The van der Waals surface area contributed by atoms with Gasteiger partial charge >= 0.3 is 50.2 Å². The van der Waals surface area contributed by atoms with E-state index in [4.69, 9.17) is 17.0 Å². The van der Waals surface area contributed by atoms with Gasteiger partial charge in [-0.25, -0.2) is 0 Å². The van der Waals surface area contributed by atoms with Gasteiger partial charge in [0.1, 0.15) is 0 Å². The molecule has 0 amide bonds. The maximum absolute atomic E-state index is 13.3.